The van der Waals surface area contributed by atoms with Crippen LogP contribution in [-0.2, 0) is 5.75 Å². The number of thioether (sulfide) groups is 1. The highest BCUT2D eigenvalue weighted by Gasteiger charge is 2.19. The van der Waals surface area contributed by atoms with Crippen LogP contribution in [0.5, 0.6) is 5.75 Å². The van der Waals surface area contributed by atoms with E-state index in [1.165, 1.54) is 42.7 Å². The molecule has 1 fully saturated rings. The SMILES string of the molecule is COc1cccc(-c2nnc(SCc3nc(C(=O)NCCCN4CCCCC4C)cs3)n2-c2ccc(C)cc2)c1. The van der Waals surface area contributed by atoms with Gasteiger partial charge in [0.15, 0.2) is 11.0 Å². The van der Waals surface area contributed by atoms with E-state index in [9.17, 15) is 4.79 Å². The number of rotatable bonds is 11. The highest BCUT2D eigenvalue weighted by atomic mass is 32.2. The summed E-state index contributed by atoms with van der Waals surface area (Å²) in [5, 5.41) is 15.6. The summed E-state index contributed by atoms with van der Waals surface area (Å²) in [4.78, 5) is 19.8. The van der Waals surface area contributed by atoms with Crippen LogP contribution in [0.15, 0.2) is 59.1 Å². The van der Waals surface area contributed by atoms with Crippen molar-refractivity contribution in [1.82, 2.24) is 30.0 Å². The normalized spacial score (nSPS) is 15.7. The maximum absolute atomic E-state index is 12.7. The molecular formula is C30H36N6O2S2. The number of aromatic nitrogens is 4. The Kier molecular flexibility index (Phi) is 9.51. The van der Waals surface area contributed by atoms with Crippen molar-refractivity contribution in [3.63, 3.8) is 0 Å². The number of methoxy groups -OCH3 is 1. The number of piperidine rings is 1. The summed E-state index contributed by atoms with van der Waals surface area (Å²) in [5.41, 5.74) is 3.56. The van der Waals surface area contributed by atoms with E-state index in [0.717, 1.165) is 46.0 Å². The molecule has 3 heterocycles. The number of ether oxygens (including phenoxy) is 1. The third kappa shape index (κ3) is 6.92. The van der Waals surface area contributed by atoms with Crippen molar-refractivity contribution in [2.24, 2.45) is 0 Å². The average molecular weight is 577 g/mol. The number of carbonyl (C=O) groups is 1. The molecule has 1 amide bonds. The Labute approximate surface area is 244 Å². The second kappa shape index (κ2) is 13.4. The van der Waals surface area contributed by atoms with Gasteiger partial charge in [-0.1, -0.05) is 48.0 Å². The molecule has 0 bridgehead atoms. The van der Waals surface area contributed by atoms with E-state index in [1.54, 1.807) is 18.9 Å². The Bertz CT molecular complexity index is 1420. The van der Waals surface area contributed by atoms with Crippen LogP contribution in [-0.4, -0.2) is 63.3 Å². The van der Waals surface area contributed by atoms with Crippen LogP contribution in [0.4, 0.5) is 0 Å². The second-order valence-corrected chi connectivity index (χ2v) is 12.0. The van der Waals surface area contributed by atoms with Gasteiger partial charge in [0, 0.05) is 35.8 Å². The number of hydrogen-bond acceptors (Lipinski definition) is 8. The molecule has 210 valence electrons. The molecule has 0 aliphatic carbocycles. The maximum Gasteiger partial charge on any atom is 0.270 e. The lowest BCUT2D eigenvalue weighted by molar-refractivity contribution is 0.0944. The first kappa shape index (κ1) is 28.3. The summed E-state index contributed by atoms with van der Waals surface area (Å²) in [7, 11) is 1.66. The molecule has 8 nitrogen and oxygen atoms in total. The van der Waals surface area contributed by atoms with Crippen LogP contribution in [0.3, 0.4) is 0 Å². The number of benzene rings is 2. The average Bonchev–Trinajstić information content (AvgIpc) is 3.63. The van der Waals surface area contributed by atoms with Crippen LogP contribution < -0.4 is 10.1 Å². The van der Waals surface area contributed by atoms with Gasteiger partial charge in [0.05, 0.1) is 12.9 Å². The Morgan fingerprint density at radius 3 is 2.83 bits per heavy atom. The third-order valence-corrected chi connectivity index (χ3v) is 9.18. The number of carbonyl (C=O) groups excluding carboxylic acids is 1. The molecule has 1 aliphatic rings. The van der Waals surface area contributed by atoms with Crippen LogP contribution in [0.1, 0.15) is 53.7 Å². The van der Waals surface area contributed by atoms with Crippen LogP contribution in [0.25, 0.3) is 17.1 Å². The first-order valence-electron chi connectivity index (χ1n) is 13.8. The molecule has 10 heteroatoms. The highest BCUT2D eigenvalue weighted by Crippen LogP contribution is 2.31. The Morgan fingerprint density at radius 2 is 2.02 bits per heavy atom. The Hall–Kier alpha value is -3.21. The van der Waals surface area contributed by atoms with Gasteiger partial charge in [-0.15, -0.1) is 21.5 Å². The monoisotopic (exact) mass is 576 g/mol. The molecule has 1 unspecified atom stereocenters. The molecular weight excluding hydrogens is 541 g/mol. The molecule has 5 rings (SSSR count). The minimum atomic E-state index is -0.109. The molecule has 1 N–H and O–H groups in total. The van der Waals surface area contributed by atoms with Crippen molar-refractivity contribution in [3.8, 4) is 22.8 Å². The molecule has 0 saturated carbocycles. The maximum atomic E-state index is 12.7. The summed E-state index contributed by atoms with van der Waals surface area (Å²) in [5.74, 6) is 1.98. The first-order valence-corrected chi connectivity index (χ1v) is 15.6. The quantitative estimate of drug-likeness (QED) is 0.173. The lowest BCUT2D eigenvalue weighted by Gasteiger charge is -2.33. The number of aryl methyl sites for hydroxylation is 1. The van der Waals surface area contributed by atoms with Crippen LogP contribution in [0.2, 0.25) is 0 Å². The largest absolute Gasteiger partial charge is 0.497 e. The number of hydrogen-bond donors (Lipinski definition) is 1. The van der Waals surface area contributed by atoms with E-state index in [4.69, 9.17) is 4.74 Å². The summed E-state index contributed by atoms with van der Waals surface area (Å²) < 4.78 is 7.49. The summed E-state index contributed by atoms with van der Waals surface area (Å²) in [6.45, 7) is 7.23. The topological polar surface area (TPSA) is 85.2 Å². The van der Waals surface area contributed by atoms with Gasteiger partial charge in [-0.25, -0.2) is 4.98 Å². The van der Waals surface area contributed by atoms with Crippen molar-refractivity contribution in [1.29, 1.82) is 0 Å². The summed E-state index contributed by atoms with van der Waals surface area (Å²) in [6, 6.07) is 16.8. The van der Waals surface area contributed by atoms with Gasteiger partial charge in [0.1, 0.15) is 16.5 Å². The zero-order valence-corrected chi connectivity index (χ0v) is 24.9. The van der Waals surface area contributed by atoms with Crippen LogP contribution in [0, 0.1) is 6.92 Å². The fourth-order valence-corrected chi connectivity index (χ4v) is 6.66. The van der Waals surface area contributed by atoms with Gasteiger partial charge in [-0.2, -0.15) is 0 Å². The second-order valence-electron chi connectivity index (χ2n) is 10.1. The number of likely N-dealkylation sites (tertiary alicyclic amines) is 1. The van der Waals surface area contributed by atoms with E-state index >= 15 is 0 Å². The molecule has 2 aromatic carbocycles. The minimum Gasteiger partial charge on any atom is -0.497 e. The molecule has 0 radical (unpaired) electrons. The molecule has 1 saturated heterocycles. The van der Waals surface area contributed by atoms with E-state index in [-0.39, 0.29) is 5.91 Å². The van der Waals surface area contributed by atoms with E-state index in [2.05, 4.69) is 68.1 Å². The molecule has 2 aromatic heterocycles. The van der Waals surface area contributed by atoms with Crippen molar-refractivity contribution >= 4 is 29.0 Å². The van der Waals surface area contributed by atoms with Crippen LogP contribution >= 0.6 is 23.1 Å². The van der Waals surface area contributed by atoms with Crippen molar-refractivity contribution in [2.75, 3.05) is 26.7 Å². The molecule has 40 heavy (non-hydrogen) atoms. The third-order valence-electron chi connectivity index (χ3n) is 7.21. The van der Waals surface area contributed by atoms with Crippen molar-refractivity contribution in [2.45, 2.75) is 56.5 Å². The minimum absolute atomic E-state index is 0.109. The predicted molar refractivity (Wildman–Crippen MR) is 162 cm³/mol. The van der Waals surface area contributed by atoms with E-state index < -0.39 is 0 Å². The lowest BCUT2D eigenvalue weighted by atomic mass is 10.0. The Morgan fingerprint density at radius 1 is 1.18 bits per heavy atom. The zero-order valence-electron chi connectivity index (χ0n) is 23.3. The molecule has 1 aliphatic heterocycles. The zero-order chi connectivity index (χ0) is 27.9. The number of thiazole rings is 1. The summed E-state index contributed by atoms with van der Waals surface area (Å²) >= 11 is 3.05. The van der Waals surface area contributed by atoms with E-state index in [1.807, 2.05) is 29.6 Å². The van der Waals surface area contributed by atoms with Gasteiger partial charge in [-0.3, -0.25) is 9.36 Å². The Balaban J connectivity index is 1.23. The molecule has 0 spiro atoms. The number of nitrogens with zero attached hydrogens (tertiary/aromatic N) is 5. The smallest absolute Gasteiger partial charge is 0.270 e. The van der Waals surface area contributed by atoms with Crippen molar-refractivity contribution < 1.29 is 9.53 Å². The highest BCUT2D eigenvalue weighted by molar-refractivity contribution is 7.98. The van der Waals surface area contributed by atoms with E-state index in [0.29, 0.717) is 24.0 Å². The van der Waals surface area contributed by atoms with Crippen molar-refractivity contribution in [3.05, 3.63) is 70.2 Å². The fraction of sp³-hybridized carbons (Fsp3) is 0.400. The lowest BCUT2D eigenvalue weighted by Crippen LogP contribution is -2.39. The summed E-state index contributed by atoms with van der Waals surface area (Å²) in [6.07, 6.45) is 4.83. The van der Waals surface area contributed by atoms with Gasteiger partial charge >= 0.3 is 0 Å². The predicted octanol–water partition coefficient (Wildman–Crippen LogP) is 5.99. The standard InChI is InChI=1S/C30H36N6O2S2/c1-21-11-13-24(14-12-21)36-28(23-9-6-10-25(18-23)38-3)33-34-30(36)40-20-27-32-26(19-39-27)29(37)31-15-7-17-35-16-5-4-8-22(35)2/h6,9-14,18-19,22H,4-5,7-8,15-17,20H2,1-3H3,(H,31,37). The molecule has 1 atom stereocenters. The molecule has 4 aromatic rings. The fourth-order valence-electron chi connectivity index (χ4n) is 4.91. The van der Waals surface area contributed by atoms with Gasteiger partial charge in [0.2, 0.25) is 0 Å². The van der Waals surface area contributed by atoms with Gasteiger partial charge in [-0.05, 0) is 63.9 Å². The number of nitrogens with one attached hydrogen (secondary N) is 1. The number of amides is 1. The first-order chi connectivity index (χ1) is 19.5. The van der Waals surface area contributed by atoms with Gasteiger partial charge in [0.25, 0.3) is 5.91 Å². The van der Waals surface area contributed by atoms with Gasteiger partial charge < -0.3 is 15.0 Å².